The van der Waals surface area contributed by atoms with Gasteiger partial charge in [-0.25, -0.2) is 0 Å². The third-order valence-corrected chi connectivity index (χ3v) is 3.82. The molecule has 2 unspecified atom stereocenters. The van der Waals surface area contributed by atoms with Crippen molar-refractivity contribution in [3.63, 3.8) is 0 Å². The molecule has 2 atom stereocenters. The SMILES string of the molecule is CCN(CC1C(O)C(C)(C)OC1(C)C)CC(F)(F)F. The molecule has 0 spiro atoms. The van der Waals surface area contributed by atoms with Crippen LogP contribution in [-0.2, 0) is 4.74 Å². The Hall–Kier alpha value is -0.330. The highest BCUT2D eigenvalue weighted by molar-refractivity contribution is 5.02. The molecule has 19 heavy (non-hydrogen) atoms. The largest absolute Gasteiger partial charge is 0.401 e. The minimum atomic E-state index is -4.22. The van der Waals surface area contributed by atoms with Crippen LogP contribution in [0.25, 0.3) is 0 Å². The van der Waals surface area contributed by atoms with Gasteiger partial charge in [-0.15, -0.1) is 0 Å². The molecule has 1 aliphatic rings. The highest BCUT2D eigenvalue weighted by atomic mass is 19.4. The molecule has 1 heterocycles. The fraction of sp³-hybridized carbons (Fsp3) is 1.00. The lowest BCUT2D eigenvalue weighted by molar-refractivity contribution is -0.149. The number of aliphatic hydroxyl groups excluding tert-OH is 1. The molecule has 1 saturated heterocycles. The van der Waals surface area contributed by atoms with Crippen LogP contribution >= 0.6 is 0 Å². The Morgan fingerprint density at radius 3 is 2.00 bits per heavy atom. The topological polar surface area (TPSA) is 32.7 Å². The second-order valence-corrected chi connectivity index (χ2v) is 6.30. The number of alkyl halides is 3. The summed E-state index contributed by atoms with van der Waals surface area (Å²) in [6, 6.07) is 0. The predicted octanol–water partition coefficient (Wildman–Crippen LogP) is 2.44. The summed E-state index contributed by atoms with van der Waals surface area (Å²) in [5.74, 6) is -0.343. The maximum atomic E-state index is 12.5. The third-order valence-electron chi connectivity index (χ3n) is 3.82. The zero-order valence-corrected chi connectivity index (χ0v) is 12.2. The molecule has 0 aromatic carbocycles. The first kappa shape index (κ1) is 16.7. The summed E-state index contributed by atoms with van der Waals surface area (Å²) in [6.07, 6.45) is -5.00. The number of ether oxygens (including phenoxy) is 1. The second-order valence-electron chi connectivity index (χ2n) is 6.30. The first-order valence-electron chi connectivity index (χ1n) is 6.56. The van der Waals surface area contributed by atoms with E-state index in [4.69, 9.17) is 4.74 Å². The summed E-state index contributed by atoms with van der Waals surface area (Å²) >= 11 is 0. The number of aliphatic hydroxyl groups is 1. The van der Waals surface area contributed by atoms with Gasteiger partial charge in [0.05, 0.1) is 23.9 Å². The standard InChI is InChI=1S/C13H24F3NO2/c1-6-17(8-13(14,15)16)7-9-10(18)12(4,5)19-11(9,2)3/h9-10,18H,6-8H2,1-5H3. The van der Waals surface area contributed by atoms with Crippen molar-refractivity contribution in [2.24, 2.45) is 5.92 Å². The molecule has 0 radical (unpaired) electrons. The van der Waals surface area contributed by atoms with E-state index >= 15 is 0 Å². The molecule has 114 valence electrons. The lowest BCUT2D eigenvalue weighted by atomic mass is 9.84. The number of halogens is 3. The Morgan fingerprint density at radius 1 is 1.16 bits per heavy atom. The number of rotatable bonds is 4. The smallest absolute Gasteiger partial charge is 0.390 e. The van der Waals surface area contributed by atoms with Crippen LogP contribution < -0.4 is 0 Å². The van der Waals surface area contributed by atoms with Crippen molar-refractivity contribution in [1.82, 2.24) is 4.90 Å². The number of hydrogen-bond acceptors (Lipinski definition) is 3. The Balaban J connectivity index is 2.79. The van der Waals surface area contributed by atoms with Crippen LogP contribution in [0.5, 0.6) is 0 Å². The van der Waals surface area contributed by atoms with E-state index in [9.17, 15) is 18.3 Å². The average molecular weight is 283 g/mol. The average Bonchev–Trinajstić information content (AvgIpc) is 2.33. The Labute approximate surface area is 112 Å². The van der Waals surface area contributed by atoms with Crippen LogP contribution in [-0.4, -0.2) is 53.1 Å². The van der Waals surface area contributed by atoms with Crippen LogP contribution in [0.4, 0.5) is 13.2 Å². The van der Waals surface area contributed by atoms with Crippen molar-refractivity contribution in [3.8, 4) is 0 Å². The van der Waals surface area contributed by atoms with E-state index in [2.05, 4.69) is 0 Å². The van der Waals surface area contributed by atoms with Crippen LogP contribution in [0.15, 0.2) is 0 Å². The molecular formula is C13H24F3NO2. The van der Waals surface area contributed by atoms with E-state index in [-0.39, 0.29) is 12.5 Å². The molecule has 1 aliphatic heterocycles. The molecule has 1 N–H and O–H groups in total. The van der Waals surface area contributed by atoms with Crippen molar-refractivity contribution in [2.75, 3.05) is 19.6 Å². The molecule has 0 aromatic rings. The normalized spacial score (nSPS) is 30.0. The van der Waals surface area contributed by atoms with E-state index in [1.165, 1.54) is 4.90 Å². The molecular weight excluding hydrogens is 259 g/mol. The summed E-state index contributed by atoms with van der Waals surface area (Å²) in [6.45, 7) is 8.36. The van der Waals surface area contributed by atoms with E-state index in [1.807, 2.05) is 13.8 Å². The molecule has 0 saturated carbocycles. The van der Waals surface area contributed by atoms with Crippen LogP contribution in [0, 0.1) is 5.92 Å². The predicted molar refractivity (Wildman–Crippen MR) is 66.9 cm³/mol. The fourth-order valence-corrected chi connectivity index (χ4v) is 2.84. The van der Waals surface area contributed by atoms with Gasteiger partial charge in [-0.2, -0.15) is 13.2 Å². The maximum absolute atomic E-state index is 12.5. The Bertz CT molecular complexity index is 316. The summed E-state index contributed by atoms with van der Waals surface area (Å²) in [5.41, 5.74) is -1.37. The van der Waals surface area contributed by atoms with Crippen LogP contribution in [0.1, 0.15) is 34.6 Å². The molecule has 1 fully saturated rings. The zero-order chi connectivity index (χ0) is 15.1. The van der Waals surface area contributed by atoms with Gasteiger partial charge in [0.1, 0.15) is 0 Å². The van der Waals surface area contributed by atoms with Crippen molar-refractivity contribution in [3.05, 3.63) is 0 Å². The first-order valence-corrected chi connectivity index (χ1v) is 6.56. The number of hydrogen-bond donors (Lipinski definition) is 1. The van der Waals surface area contributed by atoms with Gasteiger partial charge in [0.15, 0.2) is 0 Å². The van der Waals surface area contributed by atoms with Crippen LogP contribution in [0.2, 0.25) is 0 Å². The van der Waals surface area contributed by atoms with Gasteiger partial charge in [-0.3, -0.25) is 4.90 Å². The Kier molecular flexibility index (Phi) is 4.59. The van der Waals surface area contributed by atoms with Gasteiger partial charge >= 0.3 is 6.18 Å². The van der Waals surface area contributed by atoms with Gasteiger partial charge in [-0.1, -0.05) is 6.92 Å². The van der Waals surface area contributed by atoms with Gasteiger partial charge in [-0.05, 0) is 34.2 Å². The minimum Gasteiger partial charge on any atom is -0.390 e. The van der Waals surface area contributed by atoms with E-state index in [0.717, 1.165) is 0 Å². The molecule has 0 amide bonds. The van der Waals surface area contributed by atoms with Crippen molar-refractivity contribution in [1.29, 1.82) is 0 Å². The number of nitrogens with zero attached hydrogens (tertiary/aromatic N) is 1. The van der Waals surface area contributed by atoms with E-state index < -0.39 is 30.0 Å². The van der Waals surface area contributed by atoms with Gasteiger partial charge in [0.25, 0.3) is 0 Å². The van der Waals surface area contributed by atoms with Gasteiger partial charge < -0.3 is 9.84 Å². The van der Waals surface area contributed by atoms with Gasteiger partial charge in [0, 0.05) is 12.5 Å². The third kappa shape index (κ3) is 4.07. The first-order chi connectivity index (χ1) is 8.39. The molecule has 0 aromatic heterocycles. The molecule has 0 bridgehead atoms. The molecule has 0 aliphatic carbocycles. The van der Waals surface area contributed by atoms with Crippen molar-refractivity contribution >= 4 is 0 Å². The monoisotopic (exact) mass is 283 g/mol. The van der Waals surface area contributed by atoms with E-state index in [1.54, 1.807) is 20.8 Å². The second kappa shape index (κ2) is 5.22. The summed E-state index contributed by atoms with van der Waals surface area (Å²) < 4.78 is 43.2. The molecule has 3 nitrogen and oxygen atoms in total. The lowest BCUT2D eigenvalue weighted by Gasteiger charge is -2.32. The quantitative estimate of drug-likeness (QED) is 0.860. The van der Waals surface area contributed by atoms with Crippen LogP contribution in [0.3, 0.4) is 0 Å². The highest BCUT2D eigenvalue weighted by Crippen LogP contribution is 2.42. The lowest BCUT2D eigenvalue weighted by Crippen LogP contribution is -2.45. The summed E-state index contributed by atoms with van der Waals surface area (Å²) in [7, 11) is 0. The van der Waals surface area contributed by atoms with E-state index in [0.29, 0.717) is 6.54 Å². The summed E-state index contributed by atoms with van der Waals surface area (Å²) in [5, 5.41) is 10.3. The molecule has 1 rings (SSSR count). The fourth-order valence-electron chi connectivity index (χ4n) is 2.84. The zero-order valence-electron chi connectivity index (χ0n) is 12.2. The maximum Gasteiger partial charge on any atom is 0.401 e. The van der Waals surface area contributed by atoms with Gasteiger partial charge in [0.2, 0.25) is 0 Å². The van der Waals surface area contributed by atoms with Crippen molar-refractivity contribution in [2.45, 2.75) is 58.1 Å². The Morgan fingerprint density at radius 2 is 1.68 bits per heavy atom. The van der Waals surface area contributed by atoms with Crippen molar-refractivity contribution < 1.29 is 23.0 Å². The minimum absolute atomic E-state index is 0.174. The highest BCUT2D eigenvalue weighted by Gasteiger charge is 2.53. The summed E-state index contributed by atoms with van der Waals surface area (Å²) in [4.78, 5) is 1.31. The molecule has 6 heteroatoms.